The van der Waals surface area contributed by atoms with Crippen molar-refractivity contribution in [2.24, 2.45) is 11.7 Å². The summed E-state index contributed by atoms with van der Waals surface area (Å²) in [5, 5.41) is 2.97. The molecule has 1 unspecified atom stereocenters. The van der Waals surface area contributed by atoms with E-state index in [1.807, 2.05) is 6.07 Å². The van der Waals surface area contributed by atoms with Crippen molar-refractivity contribution >= 4 is 30.7 Å². The van der Waals surface area contributed by atoms with Gasteiger partial charge in [-0.3, -0.25) is 9.78 Å². The van der Waals surface area contributed by atoms with Gasteiger partial charge in [0.1, 0.15) is 11.5 Å². The molecule has 1 aromatic carbocycles. The van der Waals surface area contributed by atoms with E-state index in [1.165, 1.54) is 0 Å². The number of nitrogens with zero attached hydrogens (tertiary/aromatic N) is 1. The summed E-state index contributed by atoms with van der Waals surface area (Å²) in [7, 11) is 0. The summed E-state index contributed by atoms with van der Waals surface area (Å²) < 4.78 is 5.65. The first-order valence-corrected chi connectivity index (χ1v) is 7.77. The highest BCUT2D eigenvalue weighted by atomic mass is 35.5. The second-order valence-electron chi connectivity index (χ2n) is 5.85. The van der Waals surface area contributed by atoms with Crippen LogP contribution in [0.4, 0.5) is 0 Å². The van der Waals surface area contributed by atoms with Crippen molar-refractivity contribution in [3.63, 3.8) is 0 Å². The van der Waals surface area contributed by atoms with Gasteiger partial charge in [-0.05, 0) is 48.7 Å². The minimum atomic E-state index is -0.117. The average Bonchev–Trinajstić information content (AvgIpc) is 2.55. The molecule has 25 heavy (non-hydrogen) atoms. The third-order valence-electron chi connectivity index (χ3n) is 3.36. The lowest BCUT2D eigenvalue weighted by atomic mass is 10.0. The zero-order valence-electron chi connectivity index (χ0n) is 14.3. The number of ether oxygens (including phenoxy) is 1. The molecular formula is C18H25Cl2N3O2. The van der Waals surface area contributed by atoms with Crippen molar-refractivity contribution in [2.45, 2.75) is 26.3 Å². The van der Waals surface area contributed by atoms with E-state index in [0.29, 0.717) is 29.5 Å². The minimum Gasteiger partial charge on any atom is -0.456 e. The molecule has 0 aliphatic carbocycles. The molecule has 5 nitrogen and oxygen atoms in total. The van der Waals surface area contributed by atoms with E-state index in [9.17, 15) is 4.79 Å². The van der Waals surface area contributed by atoms with Gasteiger partial charge in [0.25, 0.3) is 5.91 Å². The number of hydrogen-bond donors (Lipinski definition) is 2. The topological polar surface area (TPSA) is 77.2 Å². The lowest BCUT2D eigenvalue weighted by Gasteiger charge is -2.18. The standard InChI is InChI=1S/C18H23N3O2.2ClH/c1-13(2)10-15(11-19)21-18(22)14-5-7-16(8-6-14)23-17-4-3-9-20-12-17;;/h3-9,12-13,15H,10-11,19H2,1-2H3,(H,21,22);2*1H. The lowest BCUT2D eigenvalue weighted by Crippen LogP contribution is -2.41. The Bertz CT molecular complexity index is 622. The van der Waals surface area contributed by atoms with Crippen LogP contribution in [-0.2, 0) is 0 Å². The Kier molecular flexibility index (Phi) is 10.8. The second-order valence-corrected chi connectivity index (χ2v) is 5.85. The van der Waals surface area contributed by atoms with Gasteiger partial charge in [-0.1, -0.05) is 13.8 Å². The molecule has 1 amide bonds. The van der Waals surface area contributed by atoms with Crippen LogP contribution in [0.5, 0.6) is 11.5 Å². The van der Waals surface area contributed by atoms with Crippen molar-refractivity contribution in [3.05, 3.63) is 54.4 Å². The van der Waals surface area contributed by atoms with E-state index in [1.54, 1.807) is 42.7 Å². The molecule has 1 heterocycles. The van der Waals surface area contributed by atoms with Crippen LogP contribution in [0.25, 0.3) is 0 Å². The summed E-state index contributed by atoms with van der Waals surface area (Å²) in [4.78, 5) is 16.2. The van der Waals surface area contributed by atoms with Gasteiger partial charge in [-0.15, -0.1) is 24.8 Å². The Morgan fingerprint density at radius 3 is 2.36 bits per heavy atom. The molecule has 1 atom stereocenters. The third-order valence-corrected chi connectivity index (χ3v) is 3.36. The summed E-state index contributed by atoms with van der Waals surface area (Å²) in [5.41, 5.74) is 6.31. The van der Waals surface area contributed by atoms with Crippen LogP contribution in [0.2, 0.25) is 0 Å². The van der Waals surface area contributed by atoms with Crippen molar-refractivity contribution in [1.29, 1.82) is 0 Å². The van der Waals surface area contributed by atoms with Crippen LogP contribution in [0.3, 0.4) is 0 Å². The summed E-state index contributed by atoms with van der Waals surface area (Å²) in [5.74, 6) is 1.69. The largest absolute Gasteiger partial charge is 0.456 e. The number of rotatable bonds is 7. The molecule has 1 aromatic heterocycles. The van der Waals surface area contributed by atoms with Crippen molar-refractivity contribution in [1.82, 2.24) is 10.3 Å². The molecule has 138 valence electrons. The van der Waals surface area contributed by atoms with E-state index < -0.39 is 0 Å². The molecule has 3 N–H and O–H groups in total. The maximum atomic E-state index is 12.2. The molecule has 7 heteroatoms. The van der Waals surface area contributed by atoms with E-state index in [2.05, 4.69) is 24.1 Å². The number of carbonyl (C=O) groups excluding carboxylic acids is 1. The van der Waals surface area contributed by atoms with Crippen LogP contribution in [0.1, 0.15) is 30.6 Å². The van der Waals surface area contributed by atoms with Crippen LogP contribution < -0.4 is 15.8 Å². The minimum absolute atomic E-state index is 0. The quantitative estimate of drug-likeness (QED) is 0.759. The molecule has 0 spiro atoms. The number of amides is 1. The van der Waals surface area contributed by atoms with Gasteiger partial charge >= 0.3 is 0 Å². The van der Waals surface area contributed by atoms with Gasteiger partial charge in [-0.2, -0.15) is 0 Å². The second kappa shape index (κ2) is 11.7. The maximum Gasteiger partial charge on any atom is 0.251 e. The van der Waals surface area contributed by atoms with E-state index in [0.717, 1.165) is 6.42 Å². The van der Waals surface area contributed by atoms with Gasteiger partial charge in [0, 0.05) is 24.3 Å². The Labute approximate surface area is 161 Å². The van der Waals surface area contributed by atoms with Gasteiger partial charge in [0.2, 0.25) is 0 Å². The zero-order chi connectivity index (χ0) is 16.7. The number of halogens is 2. The molecule has 0 aliphatic rings. The van der Waals surface area contributed by atoms with Crippen molar-refractivity contribution in [3.8, 4) is 11.5 Å². The number of nitrogens with two attached hydrogens (primary N) is 1. The van der Waals surface area contributed by atoms with Crippen LogP contribution in [0, 0.1) is 5.92 Å². The molecule has 0 bridgehead atoms. The van der Waals surface area contributed by atoms with E-state index in [-0.39, 0.29) is 36.8 Å². The van der Waals surface area contributed by atoms with Gasteiger partial charge in [0.05, 0.1) is 6.20 Å². The number of pyridine rings is 1. The molecule has 2 aromatic rings. The first kappa shape index (κ1) is 23.2. The number of benzene rings is 1. The fourth-order valence-electron chi connectivity index (χ4n) is 2.27. The highest BCUT2D eigenvalue weighted by Gasteiger charge is 2.13. The van der Waals surface area contributed by atoms with Crippen LogP contribution in [-0.4, -0.2) is 23.5 Å². The molecule has 0 radical (unpaired) electrons. The van der Waals surface area contributed by atoms with E-state index >= 15 is 0 Å². The summed E-state index contributed by atoms with van der Waals surface area (Å²) in [6.07, 6.45) is 4.19. The first-order chi connectivity index (χ1) is 11.1. The Hall–Kier alpha value is -1.82. The normalized spacial score (nSPS) is 11.0. The first-order valence-electron chi connectivity index (χ1n) is 7.77. The van der Waals surface area contributed by atoms with Gasteiger partial charge in [0.15, 0.2) is 0 Å². The van der Waals surface area contributed by atoms with E-state index in [4.69, 9.17) is 10.5 Å². The number of nitrogens with one attached hydrogen (secondary N) is 1. The van der Waals surface area contributed by atoms with Gasteiger partial charge < -0.3 is 15.8 Å². The molecule has 0 aliphatic heterocycles. The summed E-state index contributed by atoms with van der Waals surface area (Å²) >= 11 is 0. The number of carbonyl (C=O) groups is 1. The summed E-state index contributed by atoms with van der Waals surface area (Å²) in [6.45, 7) is 4.66. The predicted molar refractivity (Wildman–Crippen MR) is 105 cm³/mol. The molecule has 0 saturated carbocycles. The number of hydrogen-bond acceptors (Lipinski definition) is 4. The Morgan fingerprint density at radius 2 is 1.84 bits per heavy atom. The molecule has 0 fully saturated rings. The SMILES string of the molecule is CC(C)CC(CN)NC(=O)c1ccc(Oc2cccnc2)cc1.Cl.Cl. The van der Waals surface area contributed by atoms with Crippen molar-refractivity contribution < 1.29 is 9.53 Å². The zero-order valence-corrected chi connectivity index (χ0v) is 16.0. The van der Waals surface area contributed by atoms with Crippen LogP contribution >= 0.6 is 24.8 Å². The Balaban J connectivity index is 0.00000288. The Morgan fingerprint density at radius 1 is 1.16 bits per heavy atom. The van der Waals surface area contributed by atoms with Crippen molar-refractivity contribution in [2.75, 3.05) is 6.54 Å². The fraction of sp³-hybridized carbons (Fsp3) is 0.333. The highest BCUT2D eigenvalue weighted by Crippen LogP contribution is 2.20. The fourth-order valence-corrected chi connectivity index (χ4v) is 2.27. The monoisotopic (exact) mass is 385 g/mol. The highest BCUT2D eigenvalue weighted by molar-refractivity contribution is 5.94. The number of aromatic nitrogens is 1. The maximum absolute atomic E-state index is 12.2. The predicted octanol–water partition coefficient (Wildman–Crippen LogP) is 3.82. The molecule has 0 saturated heterocycles. The smallest absolute Gasteiger partial charge is 0.251 e. The summed E-state index contributed by atoms with van der Waals surface area (Å²) in [6, 6.07) is 10.6. The van der Waals surface area contributed by atoms with Crippen LogP contribution in [0.15, 0.2) is 48.8 Å². The third kappa shape index (κ3) is 7.73. The molecular weight excluding hydrogens is 361 g/mol. The van der Waals surface area contributed by atoms with Gasteiger partial charge in [-0.25, -0.2) is 0 Å². The lowest BCUT2D eigenvalue weighted by molar-refractivity contribution is 0.0934. The average molecular weight is 386 g/mol. The molecule has 2 rings (SSSR count).